The normalized spacial score (nSPS) is 23.8. The van der Waals surface area contributed by atoms with Crippen LogP contribution in [0.5, 0.6) is 0 Å². The van der Waals surface area contributed by atoms with Gasteiger partial charge in [0.05, 0.1) is 11.5 Å². The minimum Gasteiger partial charge on any atom is -0.300 e. The number of carbonyl (C=O) groups is 1. The number of ketones is 1. The summed E-state index contributed by atoms with van der Waals surface area (Å²) in [6.45, 7) is 1.93. The second kappa shape index (κ2) is 2.42. The topological polar surface area (TPSA) is 40.9 Å². The van der Waals surface area contributed by atoms with Crippen LogP contribution in [-0.4, -0.2) is 5.78 Å². The van der Waals surface area contributed by atoms with Crippen molar-refractivity contribution in [3.05, 3.63) is 0 Å². The maximum atomic E-state index is 10.8. The first-order valence-electron chi connectivity index (χ1n) is 3.59. The van der Waals surface area contributed by atoms with Crippen LogP contribution in [0.2, 0.25) is 0 Å². The number of rotatable bonds is 0. The summed E-state index contributed by atoms with van der Waals surface area (Å²) in [5.41, 5.74) is -0.214. The zero-order chi connectivity index (χ0) is 7.61. The Labute approximate surface area is 60.8 Å². The van der Waals surface area contributed by atoms with E-state index in [9.17, 15) is 4.79 Å². The highest BCUT2D eigenvalue weighted by molar-refractivity contribution is 5.79. The van der Waals surface area contributed by atoms with E-state index in [4.69, 9.17) is 5.26 Å². The summed E-state index contributed by atoms with van der Waals surface area (Å²) in [7, 11) is 0. The maximum Gasteiger partial charge on any atom is 0.133 e. The van der Waals surface area contributed by atoms with Crippen LogP contribution in [0.15, 0.2) is 0 Å². The average molecular weight is 137 g/mol. The SMILES string of the molecule is CC1(C#N)CCC(=O)CC1. The van der Waals surface area contributed by atoms with Crippen molar-refractivity contribution in [2.24, 2.45) is 5.41 Å². The molecule has 0 bridgehead atoms. The van der Waals surface area contributed by atoms with Crippen LogP contribution in [0.1, 0.15) is 32.6 Å². The van der Waals surface area contributed by atoms with Crippen molar-refractivity contribution in [3.8, 4) is 6.07 Å². The van der Waals surface area contributed by atoms with Crippen molar-refractivity contribution in [1.29, 1.82) is 5.26 Å². The third-order valence-corrected chi connectivity index (χ3v) is 2.18. The van der Waals surface area contributed by atoms with Gasteiger partial charge in [-0.1, -0.05) is 0 Å². The van der Waals surface area contributed by atoms with Crippen LogP contribution in [0.4, 0.5) is 0 Å². The van der Waals surface area contributed by atoms with Crippen LogP contribution in [0.25, 0.3) is 0 Å². The van der Waals surface area contributed by atoms with Gasteiger partial charge in [0, 0.05) is 12.8 Å². The molecule has 1 rings (SSSR count). The smallest absolute Gasteiger partial charge is 0.133 e. The molecule has 54 valence electrons. The highest BCUT2D eigenvalue weighted by Gasteiger charge is 2.29. The summed E-state index contributed by atoms with van der Waals surface area (Å²) < 4.78 is 0. The molecule has 0 aromatic rings. The minimum absolute atomic E-state index is 0.214. The van der Waals surface area contributed by atoms with E-state index in [-0.39, 0.29) is 5.41 Å². The van der Waals surface area contributed by atoms with E-state index in [1.165, 1.54) is 0 Å². The number of nitriles is 1. The van der Waals surface area contributed by atoms with E-state index in [0.717, 1.165) is 12.8 Å². The summed E-state index contributed by atoms with van der Waals surface area (Å²) in [5.74, 6) is 0.313. The van der Waals surface area contributed by atoms with Crippen LogP contribution in [0, 0.1) is 16.7 Å². The highest BCUT2D eigenvalue weighted by atomic mass is 16.1. The molecule has 0 aromatic heterocycles. The summed E-state index contributed by atoms with van der Waals surface area (Å²) >= 11 is 0. The lowest BCUT2D eigenvalue weighted by Gasteiger charge is -2.24. The Morgan fingerprint density at radius 1 is 1.50 bits per heavy atom. The summed E-state index contributed by atoms with van der Waals surface area (Å²) in [4.78, 5) is 10.8. The van der Waals surface area contributed by atoms with Gasteiger partial charge < -0.3 is 0 Å². The molecule has 0 radical (unpaired) electrons. The number of hydrogen-bond acceptors (Lipinski definition) is 2. The van der Waals surface area contributed by atoms with Crippen LogP contribution in [-0.2, 0) is 4.79 Å². The fourth-order valence-electron chi connectivity index (χ4n) is 1.19. The van der Waals surface area contributed by atoms with Gasteiger partial charge in [-0.25, -0.2) is 0 Å². The molecule has 0 N–H and O–H groups in total. The van der Waals surface area contributed by atoms with Crippen molar-refractivity contribution in [2.75, 3.05) is 0 Å². The molecule has 0 saturated heterocycles. The molecule has 2 heteroatoms. The number of carbonyl (C=O) groups excluding carboxylic acids is 1. The third-order valence-electron chi connectivity index (χ3n) is 2.18. The Bertz CT molecular complexity index is 180. The zero-order valence-corrected chi connectivity index (χ0v) is 6.18. The average Bonchev–Trinajstić information content (AvgIpc) is 1.96. The second-order valence-corrected chi connectivity index (χ2v) is 3.21. The summed E-state index contributed by atoms with van der Waals surface area (Å²) in [6, 6.07) is 2.25. The molecular weight excluding hydrogens is 126 g/mol. The molecule has 0 spiro atoms. The predicted octanol–water partition coefficient (Wildman–Crippen LogP) is 1.66. The lowest BCUT2D eigenvalue weighted by molar-refractivity contribution is -0.121. The zero-order valence-electron chi connectivity index (χ0n) is 6.18. The van der Waals surface area contributed by atoms with Gasteiger partial charge in [0.15, 0.2) is 0 Å². The molecule has 0 amide bonds. The van der Waals surface area contributed by atoms with Gasteiger partial charge in [-0.15, -0.1) is 0 Å². The molecular formula is C8H11NO. The Hall–Kier alpha value is -0.840. The van der Waals surface area contributed by atoms with Gasteiger partial charge in [-0.05, 0) is 19.8 Å². The Morgan fingerprint density at radius 3 is 2.40 bits per heavy atom. The van der Waals surface area contributed by atoms with Crippen molar-refractivity contribution >= 4 is 5.78 Å². The van der Waals surface area contributed by atoms with Gasteiger partial charge in [0.1, 0.15) is 5.78 Å². The van der Waals surface area contributed by atoms with E-state index in [0.29, 0.717) is 18.6 Å². The molecule has 10 heavy (non-hydrogen) atoms. The lowest BCUT2D eigenvalue weighted by Crippen LogP contribution is -2.22. The van der Waals surface area contributed by atoms with Gasteiger partial charge in [0.2, 0.25) is 0 Å². The van der Waals surface area contributed by atoms with Gasteiger partial charge in [-0.3, -0.25) is 4.79 Å². The van der Waals surface area contributed by atoms with E-state index in [1.807, 2.05) is 6.92 Å². The molecule has 1 saturated carbocycles. The third kappa shape index (κ3) is 1.36. The highest BCUT2D eigenvalue weighted by Crippen LogP contribution is 2.32. The Kier molecular flexibility index (Phi) is 1.76. The first-order valence-corrected chi connectivity index (χ1v) is 3.59. The maximum absolute atomic E-state index is 10.8. The van der Waals surface area contributed by atoms with E-state index >= 15 is 0 Å². The van der Waals surface area contributed by atoms with Crippen molar-refractivity contribution < 1.29 is 4.79 Å². The molecule has 1 aliphatic carbocycles. The Balaban J connectivity index is 2.56. The summed E-state index contributed by atoms with van der Waals surface area (Å²) in [6.07, 6.45) is 2.71. The molecule has 1 fully saturated rings. The predicted molar refractivity (Wildman–Crippen MR) is 37.2 cm³/mol. The number of Topliss-reactive ketones (excluding diaryl/α,β-unsaturated/α-hetero) is 1. The number of nitrogens with zero attached hydrogens (tertiary/aromatic N) is 1. The van der Waals surface area contributed by atoms with Crippen molar-refractivity contribution in [2.45, 2.75) is 32.6 Å². The van der Waals surface area contributed by atoms with E-state index in [2.05, 4.69) is 6.07 Å². The first kappa shape index (κ1) is 7.27. The summed E-state index contributed by atoms with van der Waals surface area (Å²) in [5, 5.41) is 8.68. The van der Waals surface area contributed by atoms with Gasteiger partial charge >= 0.3 is 0 Å². The van der Waals surface area contributed by atoms with Crippen molar-refractivity contribution in [1.82, 2.24) is 0 Å². The van der Waals surface area contributed by atoms with Crippen LogP contribution >= 0.6 is 0 Å². The minimum atomic E-state index is -0.214. The quantitative estimate of drug-likeness (QED) is 0.509. The molecule has 0 aliphatic heterocycles. The fraction of sp³-hybridized carbons (Fsp3) is 0.750. The second-order valence-electron chi connectivity index (χ2n) is 3.21. The van der Waals surface area contributed by atoms with Crippen LogP contribution in [0.3, 0.4) is 0 Å². The van der Waals surface area contributed by atoms with Crippen molar-refractivity contribution in [3.63, 3.8) is 0 Å². The molecule has 2 nitrogen and oxygen atoms in total. The largest absolute Gasteiger partial charge is 0.300 e. The molecule has 0 aromatic carbocycles. The van der Waals surface area contributed by atoms with E-state index < -0.39 is 0 Å². The molecule has 0 heterocycles. The monoisotopic (exact) mass is 137 g/mol. The molecule has 1 aliphatic rings. The number of hydrogen-bond donors (Lipinski definition) is 0. The molecule has 0 atom stereocenters. The van der Waals surface area contributed by atoms with Gasteiger partial charge in [-0.2, -0.15) is 5.26 Å². The van der Waals surface area contributed by atoms with Gasteiger partial charge in [0.25, 0.3) is 0 Å². The molecule has 0 unspecified atom stereocenters. The first-order chi connectivity index (χ1) is 4.66. The van der Waals surface area contributed by atoms with Crippen LogP contribution < -0.4 is 0 Å². The standard InChI is InChI=1S/C8H11NO/c1-8(6-9)4-2-7(10)3-5-8/h2-5H2,1H3. The van der Waals surface area contributed by atoms with E-state index in [1.54, 1.807) is 0 Å². The Morgan fingerprint density at radius 2 is 2.00 bits per heavy atom. The fourth-order valence-corrected chi connectivity index (χ4v) is 1.19. The lowest BCUT2D eigenvalue weighted by atomic mass is 9.77.